The summed E-state index contributed by atoms with van der Waals surface area (Å²) in [6.07, 6.45) is 6.75. The predicted octanol–water partition coefficient (Wildman–Crippen LogP) is 3.34. The zero-order chi connectivity index (χ0) is 9.95. The van der Waals surface area contributed by atoms with Crippen LogP contribution in [0.15, 0.2) is 0 Å². The van der Waals surface area contributed by atoms with Crippen LogP contribution in [0.4, 0.5) is 0 Å². The first-order valence-electron chi connectivity index (χ1n) is 5.72. The monoisotopic (exact) mass is 183 g/mol. The van der Waals surface area contributed by atoms with E-state index in [0.29, 0.717) is 11.0 Å². The molecular weight excluding hydrogens is 158 g/mol. The highest BCUT2D eigenvalue weighted by Crippen LogP contribution is 2.34. The van der Waals surface area contributed by atoms with Gasteiger partial charge in [0.25, 0.3) is 0 Å². The molecular formula is C12H25N. The lowest BCUT2D eigenvalue weighted by atomic mass is 9.74. The lowest BCUT2D eigenvalue weighted by molar-refractivity contribution is 0.163. The summed E-state index contributed by atoms with van der Waals surface area (Å²) in [6.45, 7) is 10.6. The van der Waals surface area contributed by atoms with Gasteiger partial charge in [0.05, 0.1) is 0 Å². The van der Waals surface area contributed by atoms with Gasteiger partial charge in [-0.25, -0.2) is 0 Å². The molecule has 1 N–H and O–H groups in total. The van der Waals surface area contributed by atoms with Crippen molar-refractivity contribution in [3.63, 3.8) is 0 Å². The molecule has 0 aromatic carbocycles. The molecule has 1 rings (SSSR count). The van der Waals surface area contributed by atoms with Gasteiger partial charge in [-0.15, -0.1) is 0 Å². The van der Waals surface area contributed by atoms with Crippen molar-refractivity contribution in [2.75, 3.05) is 6.54 Å². The molecule has 0 bridgehead atoms. The summed E-state index contributed by atoms with van der Waals surface area (Å²) in [7, 11) is 0. The molecule has 13 heavy (non-hydrogen) atoms. The Labute approximate surface area is 83.3 Å². The second-order valence-electron chi connectivity index (χ2n) is 5.76. The Hall–Kier alpha value is -0.0400. The quantitative estimate of drug-likeness (QED) is 0.692. The molecule has 0 saturated carbocycles. The molecule has 1 nitrogen and oxygen atoms in total. The summed E-state index contributed by atoms with van der Waals surface area (Å²) in [6, 6.07) is 0. The van der Waals surface area contributed by atoms with Crippen molar-refractivity contribution in [1.29, 1.82) is 0 Å². The Kier molecular flexibility index (Phi) is 3.39. The van der Waals surface area contributed by atoms with E-state index in [0.717, 1.165) is 0 Å². The van der Waals surface area contributed by atoms with Gasteiger partial charge in [-0.05, 0) is 37.6 Å². The average Bonchev–Trinajstić information content (AvgIpc) is 2.03. The fourth-order valence-corrected chi connectivity index (χ4v) is 2.62. The highest BCUT2D eigenvalue weighted by molar-refractivity contribution is 4.92. The third-order valence-electron chi connectivity index (χ3n) is 3.13. The minimum Gasteiger partial charge on any atom is -0.311 e. The molecule has 1 atom stereocenters. The van der Waals surface area contributed by atoms with Gasteiger partial charge < -0.3 is 5.32 Å². The first kappa shape index (κ1) is 11.0. The van der Waals surface area contributed by atoms with Crippen molar-refractivity contribution < 1.29 is 0 Å². The summed E-state index contributed by atoms with van der Waals surface area (Å²) >= 11 is 0. The summed E-state index contributed by atoms with van der Waals surface area (Å²) in [5.41, 5.74) is 0.914. The Morgan fingerprint density at radius 3 is 2.31 bits per heavy atom. The zero-order valence-electron chi connectivity index (χ0n) is 9.74. The van der Waals surface area contributed by atoms with Gasteiger partial charge in [-0.2, -0.15) is 0 Å². The number of hydrogen-bond acceptors (Lipinski definition) is 1. The van der Waals surface area contributed by atoms with Crippen molar-refractivity contribution in [3.05, 3.63) is 0 Å². The van der Waals surface area contributed by atoms with Crippen LogP contribution in [0.3, 0.4) is 0 Å². The van der Waals surface area contributed by atoms with Crippen LogP contribution in [0.1, 0.15) is 59.8 Å². The molecule has 1 fully saturated rings. The predicted molar refractivity (Wildman–Crippen MR) is 58.9 cm³/mol. The summed E-state index contributed by atoms with van der Waals surface area (Å²) in [4.78, 5) is 0. The van der Waals surface area contributed by atoms with Crippen LogP contribution in [0, 0.1) is 5.41 Å². The maximum atomic E-state index is 3.74. The Balaban J connectivity index is 2.57. The van der Waals surface area contributed by atoms with E-state index in [1.54, 1.807) is 0 Å². The topological polar surface area (TPSA) is 12.0 Å². The van der Waals surface area contributed by atoms with Crippen molar-refractivity contribution in [2.45, 2.75) is 65.3 Å². The van der Waals surface area contributed by atoms with E-state index in [1.807, 2.05) is 0 Å². The fourth-order valence-electron chi connectivity index (χ4n) is 2.62. The van der Waals surface area contributed by atoms with Gasteiger partial charge in [0.15, 0.2) is 0 Å². The maximum absolute atomic E-state index is 3.74. The van der Waals surface area contributed by atoms with Crippen molar-refractivity contribution in [1.82, 2.24) is 5.32 Å². The second kappa shape index (κ2) is 4.00. The van der Waals surface area contributed by atoms with E-state index in [9.17, 15) is 0 Å². The van der Waals surface area contributed by atoms with Crippen molar-refractivity contribution in [2.24, 2.45) is 5.41 Å². The lowest BCUT2D eigenvalue weighted by Crippen LogP contribution is -2.50. The number of nitrogens with one attached hydrogen (secondary N) is 1. The molecule has 0 aromatic rings. The SMILES string of the molecule is CCC1(CC(C)(C)C)CCCCN1. The lowest BCUT2D eigenvalue weighted by Gasteiger charge is -2.42. The van der Waals surface area contributed by atoms with Crippen LogP contribution in [-0.4, -0.2) is 12.1 Å². The summed E-state index contributed by atoms with van der Waals surface area (Å²) in [5.74, 6) is 0. The third kappa shape index (κ3) is 3.30. The van der Waals surface area contributed by atoms with E-state index in [-0.39, 0.29) is 0 Å². The first-order chi connectivity index (χ1) is 5.97. The summed E-state index contributed by atoms with van der Waals surface area (Å²) < 4.78 is 0. The molecule has 78 valence electrons. The van der Waals surface area contributed by atoms with Gasteiger partial charge in [-0.1, -0.05) is 34.1 Å². The molecule has 0 radical (unpaired) electrons. The molecule has 1 heterocycles. The highest BCUT2D eigenvalue weighted by atomic mass is 15.0. The minimum atomic E-state index is 0.455. The normalized spacial score (nSPS) is 30.5. The van der Waals surface area contributed by atoms with Crippen LogP contribution >= 0.6 is 0 Å². The molecule has 1 aliphatic heterocycles. The fraction of sp³-hybridized carbons (Fsp3) is 1.00. The Morgan fingerprint density at radius 2 is 1.92 bits per heavy atom. The molecule has 1 saturated heterocycles. The average molecular weight is 183 g/mol. The van der Waals surface area contributed by atoms with E-state index in [1.165, 1.54) is 38.6 Å². The maximum Gasteiger partial charge on any atom is 0.0183 e. The van der Waals surface area contributed by atoms with Crippen LogP contribution in [0.2, 0.25) is 0 Å². The van der Waals surface area contributed by atoms with E-state index in [2.05, 4.69) is 33.0 Å². The van der Waals surface area contributed by atoms with Crippen molar-refractivity contribution in [3.8, 4) is 0 Å². The molecule has 1 aliphatic rings. The van der Waals surface area contributed by atoms with Crippen LogP contribution in [-0.2, 0) is 0 Å². The first-order valence-corrected chi connectivity index (χ1v) is 5.72. The van der Waals surface area contributed by atoms with Crippen molar-refractivity contribution >= 4 is 0 Å². The Bertz CT molecular complexity index is 149. The molecule has 0 spiro atoms. The molecule has 0 amide bonds. The van der Waals surface area contributed by atoms with E-state index in [4.69, 9.17) is 0 Å². The van der Waals surface area contributed by atoms with Gasteiger partial charge in [0.1, 0.15) is 0 Å². The minimum absolute atomic E-state index is 0.455. The largest absolute Gasteiger partial charge is 0.311 e. The van der Waals surface area contributed by atoms with E-state index < -0.39 is 0 Å². The standard InChI is InChI=1S/C12H25N/c1-5-12(10-11(2,3)4)8-6-7-9-13-12/h13H,5-10H2,1-4H3. The zero-order valence-corrected chi connectivity index (χ0v) is 9.74. The van der Waals surface area contributed by atoms with E-state index >= 15 is 0 Å². The summed E-state index contributed by atoms with van der Waals surface area (Å²) in [5, 5.41) is 3.74. The molecule has 0 aliphatic carbocycles. The van der Waals surface area contributed by atoms with Crippen LogP contribution in [0.25, 0.3) is 0 Å². The Morgan fingerprint density at radius 1 is 1.23 bits per heavy atom. The van der Waals surface area contributed by atoms with Gasteiger partial charge in [0.2, 0.25) is 0 Å². The third-order valence-corrected chi connectivity index (χ3v) is 3.13. The van der Waals surface area contributed by atoms with Gasteiger partial charge >= 0.3 is 0 Å². The molecule has 0 aromatic heterocycles. The van der Waals surface area contributed by atoms with Crippen LogP contribution < -0.4 is 5.32 Å². The number of hydrogen-bond donors (Lipinski definition) is 1. The van der Waals surface area contributed by atoms with Gasteiger partial charge in [0, 0.05) is 5.54 Å². The van der Waals surface area contributed by atoms with Gasteiger partial charge in [-0.3, -0.25) is 0 Å². The number of rotatable bonds is 2. The number of piperidine rings is 1. The second-order valence-corrected chi connectivity index (χ2v) is 5.76. The highest BCUT2D eigenvalue weighted by Gasteiger charge is 2.33. The smallest absolute Gasteiger partial charge is 0.0183 e. The molecule has 1 heteroatoms. The van der Waals surface area contributed by atoms with Crippen LogP contribution in [0.5, 0.6) is 0 Å². The molecule has 1 unspecified atom stereocenters.